The highest BCUT2D eigenvalue weighted by Crippen LogP contribution is 2.24. The number of carbonyl (C=O) groups excluding carboxylic acids is 2. The Morgan fingerprint density at radius 2 is 1.96 bits per heavy atom. The second-order valence-electron chi connectivity index (χ2n) is 6.77. The standard InChI is InChI=1S/C18H27N3O2S/c1-3-14-12-16(24-13(14)2)18(23)21-10-8-20(9-11-21)7-6-17(22)19-15-4-5-15/h12,15H,3-11H2,1-2H3,(H,19,22). The third-order valence-corrected chi connectivity index (χ3v) is 5.95. The maximum Gasteiger partial charge on any atom is 0.264 e. The molecule has 5 nitrogen and oxygen atoms in total. The van der Waals surface area contributed by atoms with Crippen LogP contribution in [0.3, 0.4) is 0 Å². The topological polar surface area (TPSA) is 52.7 Å². The summed E-state index contributed by atoms with van der Waals surface area (Å²) in [5.74, 6) is 0.325. The Morgan fingerprint density at radius 1 is 1.25 bits per heavy atom. The SMILES string of the molecule is CCc1cc(C(=O)N2CCN(CCC(=O)NC3CC3)CC2)sc1C. The number of hydrogen-bond acceptors (Lipinski definition) is 4. The maximum atomic E-state index is 12.6. The Balaban J connectivity index is 1.43. The minimum absolute atomic E-state index is 0.161. The first-order valence-electron chi connectivity index (χ1n) is 8.97. The van der Waals surface area contributed by atoms with Crippen LogP contribution in [0.4, 0.5) is 0 Å². The van der Waals surface area contributed by atoms with Crippen LogP contribution in [-0.2, 0) is 11.2 Å². The van der Waals surface area contributed by atoms with E-state index in [4.69, 9.17) is 0 Å². The number of piperazine rings is 1. The van der Waals surface area contributed by atoms with Crippen molar-refractivity contribution in [1.29, 1.82) is 0 Å². The Kier molecular flexibility index (Phi) is 5.56. The average Bonchev–Trinajstić information content (AvgIpc) is 3.32. The molecule has 1 aliphatic heterocycles. The first-order valence-corrected chi connectivity index (χ1v) is 9.78. The van der Waals surface area contributed by atoms with Gasteiger partial charge in [0.15, 0.2) is 0 Å². The number of aryl methyl sites for hydroxylation is 2. The molecule has 0 bridgehead atoms. The van der Waals surface area contributed by atoms with Crippen LogP contribution in [0.2, 0.25) is 0 Å². The lowest BCUT2D eigenvalue weighted by molar-refractivity contribution is -0.121. The fourth-order valence-corrected chi connectivity index (χ4v) is 4.18. The van der Waals surface area contributed by atoms with Crippen molar-refractivity contribution in [1.82, 2.24) is 15.1 Å². The zero-order chi connectivity index (χ0) is 17.1. The first kappa shape index (κ1) is 17.4. The highest BCUT2D eigenvalue weighted by atomic mass is 32.1. The molecule has 0 radical (unpaired) electrons. The van der Waals surface area contributed by atoms with Crippen molar-refractivity contribution in [3.63, 3.8) is 0 Å². The summed E-state index contributed by atoms with van der Waals surface area (Å²) in [6.07, 6.45) is 3.81. The van der Waals surface area contributed by atoms with Crippen LogP contribution >= 0.6 is 11.3 Å². The molecule has 1 saturated heterocycles. The van der Waals surface area contributed by atoms with Crippen LogP contribution < -0.4 is 5.32 Å². The van der Waals surface area contributed by atoms with Gasteiger partial charge in [0, 0.05) is 50.1 Å². The van der Waals surface area contributed by atoms with Crippen LogP contribution in [0.5, 0.6) is 0 Å². The summed E-state index contributed by atoms with van der Waals surface area (Å²) in [6, 6.07) is 2.49. The molecule has 1 saturated carbocycles. The van der Waals surface area contributed by atoms with E-state index in [1.165, 1.54) is 10.4 Å². The predicted octanol–water partition coefficient (Wildman–Crippen LogP) is 2.05. The molecule has 0 spiro atoms. The van der Waals surface area contributed by atoms with Crippen LogP contribution in [0.25, 0.3) is 0 Å². The quantitative estimate of drug-likeness (QED) is 0.855. The lowest BCUT2D eigenvalue weighted by Crippen LogP contribution is -2.49. The van der Waals surface area contributed by atoms with Crippen molar-refractivity contribution in [3.8, 4) is 0 Å². The molecule has 1 aliphatic carbocycles. The van der Waals surface area contributed by atoms with Gasteiger partial charge in [0.25, 0.3) is 5.91 Å². The number of hydrogen-bond donors (Lipinski definition) is 1. The van der Waals surface area contributed by atoms with E-state index in [1.54, 1.807) is 11.3 Å². The Hall–Kier alpha value is -1.40. The summed E-state index contributed by atoms with van der Waals surface area (Å²) in [5, 5.41) is 3.03. The number of rotatable bonds is 6. The summed E-state index contributed by atoms with van der Waals surface area (Å²) >= 11 is 1.61. The van der Waals surface area contributed by atoms with Crippen molar-refractivity contribution in [2.75, 3.05) is 32.7 Å². The van der Waals surface area contributed by atoms with Crippen molar-refractivity contribution in [2.45, 2.75) is 45.6 Å². The van der Waals surface area contributed by atoms with E-state index in [0.29, 0.717) is 12.5 Å². The molecular formula is C18H27N3O2S. The van der Waals surface area contributed by atoms with E-state index in [-0.39, 0.29) is 11.8 Å². The number of carbonyl (C=O) groups is 2. The molecule has 0 aromatic carbocycles. The van der Waals surface area contributed by atoms with E-state index >= 15 is 0 Å². The first-order chi connectivity index (χ1) is 11.6. The third kappa shape index (κ3) is 4.36. The molecule has 2 aliphatic rings. The molecular weight excluding hydrogens is 322 g/mol. The second-order valence-corrected chi connectivity index (χ2v) is 8.03. The van der Waals surface area contributed by atoms with Gasteiger partial charge in [0.2, 0.25) is 5.91 Å². The summed E-state index contributed by atoms with van der Waals surface area (Å²) in [5.41, 5.74) is 1.28. The Bertz CT molecular complexity index is 601. The highest BCUT2D eigenvalue weighted by molar-refractivity contribution is 7.14. The molecule has 1 N–H and O–H groups in total. The van der Waals surface area contributed by atoms with Crippen LogP contribution in [0.15, 0.2) is 6.07 Å². The van der Waals surface area contributed by atoms with Gasteiger partial charge in [-0.15, -0.1) is 11.3 Å². The number of nitrogens with one attached hydrogen (secondary N) is 1. The highest BCUT2D eigenvalue weighted by Gasteiger charge is 2.25. The van der Waals surface area contributed by atoms with Crippen LogP contribution in [-0.4, -0.2) is 60.4 Å². The molecule has 2 heterocycles. The average molecular weight is 350 g/mol. The summed E-state index contributed by atoms with van der Waals surface area (Å²) < 4.78 is 0. The zero-order valence-electron chi connectivity index (χ0n) is 14.6. The number of nitrogens with zero attached hydrogens (tertiary/aromatic N) is 2. The molecule has 3 rings (SSSR count). The largest absolute Gasteiger partial charge is 0.353 e. The molecule has 2 amide bonds. The smallest absolute Gasteiger partial charge is 0.264 e. The van der Waals surface area contributed by atoms with E-state index in [2.05, 4.69) is 30.1 Å². The minimum atomic E-state index is 0.161. The molecule has 0 atom stereocenters. The second kappa shape index (κ2) is 7.66. The molecule has 0 unspecified atom stereocenters. The van der Waals surface area contributed by atoms with Crippen LogP contribution in [0, 0.1) is 6.92 Å². The molecule has 6 heteroatoms. The number of amides is 2. The summed E-state index contributed by atoms with van der Waals surface area (Å²) in [6.45, 7) is 8.22. The van der Waals surface area contributed by atoms with Gasteiger partial charge >= 0.3 is 0 Å². The Morgan fingerprint density at radius 3 is 2.54 bits per heavy atom. The molecule has 2 fully saturated rings. The fourth-order valence-electron chi connectivity index (χ4n) is 3.09. The predicted molar refractivity (Wildman–Crippen MR) is 96.6 cm³/mol. The third-order valence-electron chi connectivity index (χ3n) is 4.87. The van der Waals surface area contributed by atoms with E-state index in [0.717, 1.165) is 56.9 Å². The van der Waals surface area contributed by atoms with Gasteiger partial charge in [0.1, 0.15) is 0 Å². The van der Waals surface area contributed by atoms with Gasteiger partial charge < -0.3 is 10.2 Å². The minimum Gasteiger partial charge on any atom is -0.353 e. The van der Waals surface area contributed by atoms with Gasteiger partial charge in [-0.1, -0.05) is 6.92 Å². The summed E-state index contributed by atoms with van der Waals surface area (Å²) in [7, 11) is 0. The van der Waals surface area contributed by atoms with Crippen molar-refractivity contribution >= 4 is 23.2 Å². The van der Waals surface area contributed by atoms with Gasteiger partial charge in [-0.2, -0.15) is 0 Å². The fraction of sp³-hybridized carbons (Fsp3) is 0.667. The van der Waals surface area contributed by atoms with Gasteiger partial charge in [-0.05, 0) is 37.8 Å². The van der Waals surface area contributed by atoms with Gasteiger partial charge in [-0.25, -0.2) is 0 Å². The molecule has 132 valence electrons. The van der Waals surface area contributed by atoms with E-state index in [1.807, 2.05) is 4.90 Å². The number of thiophene rings is 1. The van der Waals surface area contributed by atoms with E-state index in [9.17, 15) is 9.59 Å². The summed E-state index contributed by atoms with van der Waals surface area (Å²) in [4.78, 5) is 30.7. The van der Waals surface area contributed by atoms with Crippen molar-refractivity contribution in [2.24, 2.45) is 0 Å². The maximum absolute atomic E-state index is 12.6. The van der Waals surface area contributed by atoms with Crippen LogP contribution in [0.1, 0.15) is 46.3 Å². The molecule has 1 aromatic rings. The Labute approximate surface area is 148 Å². The van der Waals surface area contributed by atoms with Gasteiger partial charge in [0.05, 0.1) is 4.88 Å². The monoisotopic (exact) mass is 349 g/mol. The normalized spacial score (nSPS) is 18.7. The molecule has 1 aromatic heterocycles. The van der Waals surface area contributed by atoms with Gasteiger partial charge in [-0.3, -0.25) is 14.5 Å². The van der Waals surface area contributed by atoms with E-state index < -0.39 is 0 Å². The lowest BCUT2D eigenvalue weighted by atomic mass is 10.2. The van der Waals surface area contributed by atoms with Crippen molar-refractivity contribution in [3.05, 3.63) is 21.4 Å². The van der Waals surface area contributed by atoms with Crippen molar-refractivity contribution < 1.29 is 9.59 Å². The molecule has 24 heavy (non-hydrogen) atoms. The lowest BCUT2D eigenvalue weighted by Gasteiger charge is -2.34. The zero-order valence-corrected chi connectivity index (χ0v) is 15.5.